The van der Waals surface area contributed by atoms with Crippen LogP contribution in [0.1, 0.15) is 5.82 Å². The second-order valence-electron chi connectivity index (χ2n) is 4.02. The Bertz CT molecular complexity index is 706. The average molecular weight is 289 g/mol. The molecule has 0 bridgehead atoms. The minimum atomic E-state index is -1.30. The van der Waals surface area contributed by atoms with Crippen molar-refractivity contribution in [3.05, 3.63) is 58.2 Å². The molecule has 8 heteroatoms. The Morgan fingerprint density at radius 3 is 2.62 bits per heavy atom. The van der Waals surface area contributed by atoms with Gasteiger partial charge in [0.15, 0.2) is 0 Å². The number of hydrogen-bond donors (Lipinski definition) is 1. The van der Waals surface area contributed by atoms with Crippen LogP contribution in [0.15, 0.2) is 42.3 Å². The van der Waals surface area contributed by atoms with Gasteiger partial charge in [-0.15, -0.1) is 0 Å². The number of aromatic nitrogens is 2. The lowest BCUT2D eigenvalue weighted by atomic mass is 10.3. The number of nitro groups is 1. The van der Waals surface area contributed by atoms with Gasteiger partial charge in [0.05, 0.1) is 13.1 Å². The number of carboxylic acids is 1. The van der Waals surface area contributed by atoms with E-state index in [0.29, 0.717) is 5.75 Å². The molecule has 0 spiro atoms. The van der Waals surface area contributed by atoms with Crippen molar-refractivity contribution in [2.45, 2.75) is 0 Å². The van der Waals surface area contributed by atoms with Gasteiger partial charge in [-0.05, 0) is 17.1 Å². The maximum atomic E-state index is 11.2. The van der Waals surface area contributed by atoms with Crippen LogP contribution in [0.4, 0.5) is 5.82 Å². The number of rotatable bonds is 5. The SMILES string of the molecule is Cn1c([N+](=O)[O-])cnc1/C=C(/Oc1ccccc1)C(=O)O. The second kappa shape index (κ2) is 5.87. The molecule has 21 heavy (non-hydrogen) atoms. The molecule has 0 fully saturated rings. The van der Waals surface area contributed by atoms with Crippen molar-refractivity contribution < 1.29 is 19.6 Å². The molecule has 1 N–H and O–H groups in total. The molecule has 1 heterocycles. The summed E-state index contributed by atoms with van der Waals surface area (Å²) in [5.74, 6) is -1.48. The van der Waals surface area contributed by atoms with Crippen LogP contribution >= 0.6 is 0 Å². The minimum absolute atomic E-state index is 0.107. The molecule has 0 amide bonds. The van der Waals surface area contributed by atoms with Gasteiger partial charge in [-0.25, -0.2) is 14.3 Å². The zero-order valence-corrected chi connectivity index (χ0v) is 11.0. The van der Waals surface area contributed by atoms with Crippen LogP contribution in [0.25, 0.3) is 6.08 Å². The summed E-state index contributed by atoms with van der Waals surface area (Å²) >= 11 is 0. The van der Waals surface area contributed by atoms with Gasteiger partial charge in [-0.1, -0.05) is 18.2 Å². The molecule has 2 aromatic rings. The molecule has 108 valence electrons. The molecule has 0 aliphatic carbocycles. The van der Waals surface area contributed by atoms with E-state index >= 15 is 0 Å². The van der Waals surface area contributed by atoms with Crippen molar-refractivity contribution in [2.24, 2.45) is 7.05 Å². The Kier molecular flexibility index (Phi) is 3.98. The monoisotopic (exact) mass is 289 g/mol. The van der Waals surface area contributed by atoms with E-state index < -0.39 is 10.9 Å². The third kappa shape index (κ3) is 3.24. The van der Waals surface area contributed by atoms with Crippen LogP contribution in [-0.2, 0) is 11.8 Å². The van der Waals surface area contributed by atoms with E-state index in [-0.39, 0.29) is 17.4 Å². The van der Waals surface area contributed by atoms with E-state index in [9.17, 15) is 14.9 Å². The number of aliphatic carboxylic acids is 1. The lowest BCUT2D eigenvalue weighted by Crippen LogP contribution is -2.09. The third-order valence-corrected chi connectivity index (χ3v) is 2.63. The molecule has 0 unspecified atom stereocenters. The number of ether oxygens (including phenoxy) is 1. The van der Waals surface area contributed by atoms with Crippen molar-refractivity contribution in [3.63, 3.8) is 0 Å². The fourth-order valence-electron chi connectivity index (χ4n) is 1.59. The molecule has 0 aliphatic heterocycles. The quantitative estimate of drug-likeness (QED) is 0.389. The lowest BCUT2D eigenvalue weighted by molar-refractivity contribution is -0.391. The zero-order chi connectivity index (χ0) is 15.4. The highest BCUT2D eigenvalue weighted by molar-refractivity contribution is 5.89. The highest BCUT2D eigenvalue weighted by Gasteiger charge is 2.18. The molecular weight excluding hydrogens is 278 g/mol. The Morgan fingerprint density at radius 2 is 2.10 bits per heavy atom. The van der Waals surface area contributed by atoms with Gasteiger partial charge >= 0.3 is 11.8 Å². The van der Waals surface area contributed by atoms with Gasteiger partial charge in [-0.2, -0.15) is 0 Å². The fourth-order valence-corrected chi connectivity index (χ4v) is 1.59. The highest BCUT2D eigenvalue weighted by atomic mass is 16.6. The highest BCUT2D eigenvalue weighted by Crippen LogP contribution is 2.17. The Balaban J connectivity index is 2.34. The zero-order valence-electron chi connectivity index (χ0n) is 11.0. The van der Waals surface area contributed by atoms with Crippen LogP contribution in [0.2, 0.25) is 0 Å². The first-order valence-electron chi connectivity index (χ1n) is 5.83. The van der Waals surface area contributed by atoms with Crippen LogP contribution < -0.4 is 4.74 Å². The first-order valence-corrected chi connectivity index (χ1v) is 5.83. The number of carboxylic acid groups (broad SMARTS) is 1. The number of hydrogen-bond acceptors (Lipinski definition) is 5. The maximum Gasteiger partial charge on any atom is 0.372 e. The van der Waals surface area contributed by atoms with Gasteiger partial charge < -0.3 is 20.0 Å². The minimum Gasteiger partial charge on any atom is -0.475 e. The predicted molar refractivity (Wildman–Crippen MR) is 72.5 cm³/mol. The molecule has 1 aromatic heterocycles. The van der Waals surface area contributed by atoms with Crippen molar-refractivity contribution in [1.29, 1.82) is 0 Å². The van der Waals surface area contributed by atoms with Crippen molar-refractivity contribution in [1.82, 2.24) is 9.55 Å². The van der Waals surface area contributed by atoms with E-state index in [1.54, 1.807) is 30.3 Å². The van der Waals surface area contributed by atoms with Crippen LogP contribution in [-0.4, -0.2) is 25.6 Å². The first kappa shape index (κ1) is 14.3. The predicted octanol–water partition coefficient (Wildman–Crippen LogP) is 1.83. The fraction of sp³-hybridized carbons (Fsp3) is 0.0769. The van der Waals surface area contributed by atoms with E-state index in [1.165, 1.54) is 7.05 Å². The third-order valence-electron chi connectivity index (χ3n) is 2.63. The molecular formula is C13H11N3O5. The molecule has 1 aromatic carbocycles. The van der Waals surface area contributed by atoms with Crippen LogP contribution in [0, 0.1) is 10.1 Å². The summed E-state index contributed by atoms with van der Waals surface area (Å²) < 4.78 is 6.41. The number of nitrogens with zero attached hydrogens (tertiary/aromatic N) is 3. The topological polar surface area (TPSA) is 107 Å². The molecule has 0 radical (unpaired) electrons. The normalized spacial score (nSPS) is 11.2. The van der Waals surface area contributed by atoms with Gasteiger partial charge in [0.1, 0.15) is 11.9 Å². The molecule has 0 saturated heterocycles. The van der Waals surface area contributed by atoms with Crippen molar-refractivity contribution in [2.75, 3.05) is 0 Å². The van der Waals surface area contributed by atoms with E-state index in [4.69, 9.17) is 9.84 Å². The summed E-state index contributed by atoms with van der Waals surface area (Å²) in [6.07, 6.45) is 2.18. The van der Waals surface area contributed by atoms with Crippen LogP contribution in [0.5, 0.6) is 5.75 Å². The number of imidazole rings is 1. The van der Waals surface area contributed by atoms with Crippen LogP contribution in [0.3, 0.4) is 0 Å². The number of para-hydroxylation sites is 1. The Morgan fingerprint density at radius 1 is 1.43 bits per heavy atom. The lowest BCUT2D eigenvalue weighted by Gasteiger charge is -2.05. The van der Waals surface area contributed by atoms with Crippen molar-refractivity contribution >= 4 is 17.9 Å². The van der Waals surface area contributed by atoms with E-state index in [1.807, 2.05) is 0 Å². The molecule has 8 nitrogen and oxygen atoms in total. The Labute approximate surface area is 119 Å². The summed E-state index contributed by atoms with van der Waals surface area (Å²) in [6, 6.07) is 8.34. The molecule has 2 rings (SSSR count). The number of carbonyl (C=O) groups is 1. The average Bonchev–Trinajstić information content (AvgIpc) is 2.80. The molecule has 0 saturated carbocycles. The summed E-state index contributed by atoms with van der Waals surface area (Å²) in [7, 11) is 1.42. The van der Waals surface area contributed by atoms with E-state index in [2.05, 4.69) is 4.98 Å². The smallest absolute Gasteiger partial charge is 0.372 e. The van der Waals surface area contributed by atoms with E-state index in [0.717, 1.165) is 16.8 Å². The summed E-state index contributed by atoms with van der Waals surface area (Å²) in [4.78, 5) is 25.1. The summed E-state index contributed by atoms with van der Waals surface area (Å²) in [5.41, 5.74) is 0. The largest absolute Gasteiger partial charge is 0.475 e. The maximum absolute atomic E-state index is 11.2. The van der Waals surface area contributed by atoms with Gasteiger partial charge in [0, 0.05) is 0 Å². The first-order chi connectivity index (χ1) is 9.99. The molecule has 0 aliphatic rings. The summed E-state index contributed by atoms with van der Waals surface area (Å²) in [6.45, 7) is 0. The Hall–Kier alpha value is -3.16. The van der Waals surface area contributed by atoms with Crippen molar-refractivity contribution in [3.8, 4) is 5.75 Å². The molecule has 0 atom stereocenters. The van der Waals surface area contributed by atoms with Gasteiger partial charge in [0.25, 0.3) is 0 Å². The second-order valence-corrected chi connectivity index (χ2v) is 4.02. The standard InChI is InChI=1S/C13H11N3O5/c1-15-11(14-8-12(15)16(19)20)7-10(13(17)18)21-9-5-3-2-4-6-9/h2-8H,1H3,(H,17,18)/b10-7+. The number of benzene rings is 1. The van der Waals surface area contributed by atoms with Gasteiger partial charge in [0.2, 0.25) is 11.6 Å². The summed E-state index contributed by atoms with van der Waals surface area (Å²) in [5, 5.41) is 19.9. The van der Waals surface area contributed by atoms with Gasteiger partial charge in [-0.3, -0.25) is 0 Å².